The number of nitrogens with one attached hydrogen (secondary N) is 1. The monoisotopic (exact) mass is 339 g/mol. The quantitative estimate of drug-likeness (QED) is 0.612. The van der Waals surface area contributed by atoms with Gasteiger partial charge < -0.3 is 14.8 Å². The summed E-state index contributed by atoms with van der Waals surface area (Å²) in [6.07, 6.45) is -0.102. The van der Waals surface area contributed by atoms with E-state index in [1.807, 2.05) is 38.1 Å². The minimum absolute atomic E-state index is 0.102. The van der Waals surface area contributed by atoms with E-state index in [-0.39, 0.29) is 17.8 Å². The summed E-state index contributed by atoms with van der Waals surface area (Å²) in [5, 5.41) is 11.9. The van der Waals surface area contributed by atoms with Crippen molar-refractivity contribution in [2.24, 2.45) is 0 Å². The van der Waals surface area contributed by atoms with Gasteiger partial charge in [0.2, 0.25) is 5.13 Å². The number of anilines is 2. The Kier molecular flexibility index (Phi) is 6.02. The van der Waals surface area contributed by atoms with Gasteiger partial charge in [0.05, 0.1) is 19.0 Å². The number of nitrogens with zero attached hydrogens (tertiary/aromatic N) is 2. The fourth-order valence-corrected chi connectivity index (χ4v) is 3.09. The predicted octanol–water partition coefficient (Wildman–Crippen LogP) is 3.33. The second-order valence-electron chi connectivity index (χ2n) is 4.55. The fourth-order valence-electron chi connectivity index (χ4n) is 1.53. The first-order chi connectivity index (χ1) is 10.6. The number of carbonyl (C=O) groups is 1. The molecule has 2 rings (SSSR count). The van der Waals surface area contributed by atoms with Crippen LogP contribution in [0.3, 0.4) is 0 Å². The summed E-state index contributed by atoms with van der Waals surface area (Å²) in [5.74, 6) is 0.776. The van der Waals surface area contributed by atoms with E-state index in [9.17, 15) is 4.79 Å². The highest BCUT2D eigenvalue weighted by Crippen LogP contribution is 2.28. The number of benzene rings is 1. The van der Waals surface area contributed by atoms with Crippen molar-refractivity contribution in [3.8, 4) is 5.75 Å². The lowest BCUT2D eigenvalue weighted by molar-refractivity contribution is -0.144. The number of hydrogen-bond acceptors (Lipinski definition) is 8. The molecule has 0 aliphatic carbocycles. The minimum atomic E-state index is -0.250. The Hall–Kier alpha value is -1.80. The van der Waals surface area contributed by atoms with Gasteiger partial charge in [-0.3, -0.25) is 4.79 Å². The molecule has 0 saturated carbocycles. The van der Waals surface area contributed by atoms with Crippen LogP contribution in [-0.4, -0.2) is 35.1 Å². The maximum atomic E-state index is 11.5. The molecule has 1 aromatic heterocycles. The van der Waals surface area contributed by atoms with Gasteiger partial charge in [0.1, 0.15) is 5.75 Å². The highest BCUT2D eigenvalue weighted by atomic mass is 32.2. The number of ether oxygens (including phenoxy) is 2. The number of aromatic nitrogens is 2. The smallest absolute Gasteiger partial charge is 0.316 e. The van der Waals surface area contributed by atoms with E-state index in [0.717, 1.165) is 15.8 Å². The third-order valence-corrected chi connectivity index (χ3v) is 4.37. The molecular formula is C14H17N3O3S2. The predicted molar refractivity (Wildman–Crippen MR) is 88.1 cm³/mol. The molecule has 0 unspecified atom stereocenters. The molecule has 22 heavy (non-hydrogen) atoms. The van der Waals surface area contributed by atoms with Gasteiger partial charge in [-0.2, -0.15) is 0 Å². The van der Waals surface area contributed by atoms with Crippen LogP contribution in [0.5, 0.6) is 5.75 Å². The van der Waals surface area contributed by atoms with Crippen LogP contribution < -0.4 is 10.1 Å². The maximum Gasteiger partial charge on any atom is 0.316 e. The van der Waals surface area contributed by atoms with Gasteiger partial charge in [-0.1, -0.05) is 23.1 Å². The standard InChI is InChI=1S/C14H17N3O3S2/c1-9(2)20-12(18)8-21-14-17-16-13(22-14)15-10-4-6-11(19-3)7-5-10/h4-7,9H,8H2,1-3H3,(H,15,16). The second-order valence-corrected chi connectivity index (χ2v) is 6.75. The second kappa shape index (κ2) is 8.00. The summed E-state index contributed by atoms with van der Waals surface area (Å²) >= 11 is 2.71. The van der Waals surface area contributed by atoms with Gasteiger partial charge in [0.25, 0.3) is 0 Å². The average molecular weight is 339 g/mol. The van der Waals surface area contributed by atoms with Crippen molar-refractivity contribution in [1.29, 1.82) is 0 Å². The summed E-state index contributed by atoms with van der Waals surface area (Å²) in [5.41, 5.74) is 0.896. The van der Waals surface area contributed by atoms with E-state index in [1.54, 1.807) is 7.11 Å². The lowest BCUT2D eigenvalue weighted by Crippen LogP contribution is -2.13. The first kappa shape index (κ1) is 16.6. The normalized spacial score (nSPS) is 10.5. The lowest BCUT2D eigenvalue weighted by Gasteiger charge is -2.05. The lowest BCUT2D eigenvalue weighted by atomic mass is 10.3. The van der Waals surface area contributed by atoms with Gasteiger partial charge in [0.15, 0.2) is 4.34 Å². The Morgan fingerprint density at radius 1 is 1.32 bits per heavy atom. The van der Waals surface area contributed by atoms with Crippen LogP contribution in [0.4, 0.5) is 10.8 Å². The minimum Gasteiger partial charge on any atom is -0.497 e. The van der Waals surface area contributed by atoms with Crippen LogP contribution in [0.15, 0.2) is 28.6 Å². The van der Waals surface area contributed by atoms with Crippen molar-refractivity contribution < 1.29 is 14.3 Å². The first-order valence-electron chi connectivity index (χ1n) is 6.63. The average Bonchev–Trinajstić information content (AvgIpc) is 2.93. The Morgan fingerprint density at radius 2 is 2.05 bits per heavy atom. The van der Waals surface area contributed by atoms with Gasteiger partial charge in [-0.15, -0.1) is 10.2 Å². The third kappa shape index (κ3) is 5.19. The van der Waals surface area contributed by atoms with E-state index >= 15 is 0 Å². The molecule has 0 bridgehead atoms. The van der Waals surface area contributed by atoms with Crippen molar-refractivity contribution in [2.45, 2.75) is 24.3 Å². The van der Waals surface area contributed by atoms with Gasteiger partial charge in [0, 0.05) is 5.69 Å². The van der Waals surface area contributed by atoms with Crippen LogP contribution in [0.25, 0.3) is 0 Å². The van der Waals surface area contributed by atoms with Crippen LogP contribution in [-0.2, 0) is 9.53 Å². The number of methoxy groups -OCH3 is 1. The molecule has 0 saturated heterocycles. The molecular weight excluding hydrogens is 322 g/mol. The zero-order valence-corrected chi connectivity index (χ0v) is 14.2. The molecule has 0 radical (unpaired) electrons. The van der Waals surface area contributed by atoms with Crippen molar-refractivity contribution in [3.05, 3.63) is 24.3 Å². The molecule has 1 heterocycles. The number of hydrogen-bond donors (Lipinski definition) is 1. The van der Waals surface area contributed by atoms with Crippen LogP contribution in [0.1, 0.15) is 13.8 Å². The van der Waals surface area contributed by atoms with E-state index in [4.69, 9.17) is 9.47 Å². The van der Waals surface area contributed by atoms with Crippen LogP contribution >= 0.6 is 23.1 Å². The Balaban J connectivity index is 1.86. The molecule has 0 amide bonds. The van der Waals surface area contributed by atoms with Crippen molar-refractivity contribution >= 4 is 39.9 Å². The van der Waals surface area contributed by atoms with E-state index in [0.29, 0.717) is 5.13 Å². The van der Waals surface area contributed by atoms with Gasteiger partial charge >= 0.3 is 5.97 Å². The molecule has 6 nitrogen and oxygen atoms in total. The van der Waals surface area contributed by atoms with Crippen molar-refractivity contribution in [1.82, 2.24) is 10.2 Å². The summed E-state index contributed by atoms with van der Waals surface area (Å²) in [6.45, 7) is 3.65. The molecule has 0 aliphatic rings. The molecule has 0 spiro atoms. The zero-order valence-electron chi connectivity index (χ0n) is 12.5. The van der Waals surface area contributed by atoms with Gasteiger partial charge in [-0.25, -0.2) is 0 Å². The Bertz CT molecular complexity index is 614. The number of esters is 1. The number of thioether (sulfide) groups is 1. The molecule has 1 N–H and O–H groups in total. The van der Waals surface area contributed by atoms with E-state index in [2.05, 4.69) is 15.5 Å². The third-order valence-electron chi connectivity index (χ3n) is 2.43. The molecule has 1 aromatic carbocycles. The highest BCUT2D eigenvalue weighted by molar-refractivity contribution is 8.01. The number of carbonyl (C=O) groups excluding carboxylic acids is 1. The SMILES string of the molecule is COc1ccc(Nc2nnc(SCC(=O)OC(C)C)s2)cc1. The molecule has 118 valence electrons. The van der Waals surface area contributed by atoms with Gasteiger partial charge in [-0.05, 0) is 38.1 Å². The molecule has 0 fully saturated rings. The topological polar surface area (TPSA) is 73.3 Å². The summed E-state index contributed by atoms with van der Waals surface area (Å²) in [6, 6.07) is 7.52. The molecule has 8 heteroatoms. The van der Waals surface area contributed by atoms with Crippen LogP contribution in [0, 0.1) is 0 Å². The van der Waals surface area contributed by atoms with Crippen molar-refractivity contribution in [2.75, 3.05) is 18.2 Å². The molecule has 0 atom stereocenters. The molecule has 2 aromatic rings. The Morgan fingerprint density at radius 3 is 2.68 bits per heavy atom. The Labute approximate surface area is 137 Å². The number of rotatable bonds is 7. The molecule has 0 aliphatic heterocycles. The summed E-state index contributed by atoms with van der Waals surface area (Å²) < 4.78 is 10.9. The zero-order chi connectivity index (χ0) is 15.9. The van der Waals surface area contributed by atoms with Crippen molar-refractivity contribution in [3.63, 3.8) is 0 Å². The van der Waals surface area contributed by atoms with Crippen LogP contribution in [0.2, 0.25) is 0 Å². The van der Waals surface area contributed by atoms with E-state index < -0.39 is 0 Å². The van der Waals surface area contributed by atoms with E-state index in [1.165, 1.54) is 23.1 Å². The fraction of sp³-hybridized carbons (Fsp3) is 0.357. The largest absolute Gasteiger partial charge is 0.497 e. The highest BCUT2D eigenvalue weighted by Gasteiger charge is 2.10. The maximum absolute atomic E-state index is 11.5. The summed E-state index contributed by atoms with van der Waals surface area (Å²) in [4.78, 5) is 11.5. The first-order valence-corrected chi connectivity index (χ1v) is 8.44. The summed E-state index contributed by atoms with van der Waals surface area (Å²) in [7, 11) is 1.63.